The van der Waals surface area contributed by atoms with Crippen molar-refractivity contribution in [2.75, 3.05) is 7.11 Å². The van der Waals surface area contributed by atoms with Crippen molar-refractivity contribution in [3.63, 3.8) is 0 Å². The molecule has 0 aliphatic rings. The molecule has 0 aromatic rings. The zero-order chi connectivity index (χ0) is 7.44. The lowest BCUT2D eigenvalue weighted by atomic mass is 10.7. The second-order valence-electron chi connectivity index (χ2n) is 1.25. The molecule has 6 heteroatoms. The monoisotopic (exact) mass is 153 g/mol. The first-order valence-electron chi connectivity index (χ1n) is 2.01. The maximum absolute atomic E-state index is 10.1. The van der Waals surface area contributed by atoms with E-state index in [1.54, 1.807) is 0 Å². The van der Waals surface area contributed by atoms with Crippen molar-refractivity contribution in [3.05, 3.63) is 0 Å². The Balaban J connectivity index is 3.99. The molecule has 0 aliphatic carbocycles. The second kappa shape index (κ2) is 3.54. The van der Waals surface area contributed by atoms with Gasteiger partial charge in [0.2, 0.25) is 5.44 Å². The zero-order valence-electron chi connectivity index (χ0n) is 4.73. The third kappa shape index (κ3) is 2.54. The number of ether oxygens (including phenoxy) is 1. The molecule has 0 spiro atoms. The van der Waals surface area contributed by atoms with Crippen LogP contribution in [0.5, 0.6) is 0 Å². The molecule has 0 aliphatic heterocycles. The molecule has 2 atom stereocenters. The lowest BCUT2D eigenvalue weighted by Gasteiger charge is -2.03. The maximum atomic E-state index is 10.1. The van der Waals surface area contributed by atoms with E-state index in [4.69, 9.17) is 4.55 Å². The largest absolute Gasteiger partial charge is 0.366 e. The molecule has 1 amide bonds. The van der Waals surface area contributed by atoms with E-state index >= 15 is 0 Å². The summed E-state index contributed by atoms with van der Waals surface area (Å²) in [7, 11) is 1.13. The van der Waals surface area contributed by atoms with Crippen molar-refractivity contribution in [1.82, 2.24) is 0 Å². The van der Waals surface area contributed by atoms with E-state index in [1.807, 2.05) is 0 Å². The summed E-state index contributed by atoms with van der Waals surface area (Å²) in [4.78, 5) is 10.1. The van der Waals surface area contributed by atoms with Crippen LogP contribution in [0.1, 0.15) is 0 Å². The van der Waals surface area contributed by atoms with Gasteiger partial charge >= 0.3 is 0 Å². The van der Waals surface area contributed by atoms with Gasteiger partial charge in [0.25, 0.3) is 5.91 Å². The number of primary amides is 1. The van der Waals surface area contributed by atoms with Crippen molar-refractivity contribution in [3.8, 4) is 0 Å². The van der Waals surface area contributed by atoms with Gasteiger partial charge in [-0.15, -0.1) is 0 Å². The van der Waals surface area contributed by atoms with Gasteiger partial charge in [0, 0.05) is 7.11 Å². The van der Waals surface area contributed by atoms with Crippen LogP contribution in [-0.4, -0.2) is 27.2 Å². The molecule has 0 radical (unpaired) electrons. The molecule has 0 rings (SSSR count). The Morgan fingerprint density at radius 3 is 2.33 bits per heavy atom. The van der Waals surface area contributed by atoms with Crippen molar-refractivity contribution in [2.45, 2.75) is 5.44 Å². The van der Waals surface area contributed by atoms with Crippen LogP contribution in [0.4, 0.5) is 0 Å². The first kappa shape index (κ1) is 8.54. The highest BCUT2D eigenvalue weighted by Gasteiger charge is 2.19. The van der Waals surface area contributed by atoms with Crippen molar-refractivity contribution in [1.29, 1.82) is 0 Å². The molecule has 2 unspecified atom stereocenters. The Kier molecular flexibility index (Phi) is 3.36. The Morgan fingerprint density at radius 1 is 1.89 bits per heavy atom. The number of carbonyl (C=O) groups excluding carboxylic acids is 1. The van der Waals surface area contributed by atoms with Crippen LogP contribution in [0.3, 0.4) is 0 Å². The summed E-state index contributed by atoms with van der Waals surface area (Å²) in [6.45, 7) is 0. The van der Waals surface area contributed by atoms with Gasteiger partial charge in [-0.05, 0) is 0 Å². The van der Waals surface area contributed by atoms with Gasteiger partial charge in [-0.2, -0.15) is 0 Å². The van der Waals surface area contributed by atoms with Gasteiger partial charge < -0.3 is 15.0 Å². The molecule has 0 saturated heterocycles. The van der Waals surface area contributed by atoms with Gasteiger partial charge in [0.15, 0.2) is 11.1 Å². The summed E-state index contributed by atoms with van der Waals surface area (Å²) in [6.07, 6.45) is 0. The molecule has 0 aromatic heterocycles. The van der Waals surface area contributed by atoms with Crippen LogP contribution in [0.2, 0.25) is 0 Å². The Bertz CT molecular complexity index is 122. The average molecular weight is 153 g/mol. The molecule has 5 nitrogen and oxygen atoms in total. The SMILES string of the molecule is COC(C(N)=O)S(=O)O. The molecule has 0 saturated carbocycles. The standard InChI is InChI=1S/C3H7NO4S/c1-8-3(2(4)5)9(6)7/h3H,1H3,(H2,4,5)(H,6,7). The number of hydrogen-bond acceptors (Lipinski definition) is 3. The first-order valence-corrected chi connectivity index (χ1v) is 3.18. The van der Waals surface area contributed by atoms with Crippen LogP contribution in [0.25, 0.3) is 0 Å². The normalized spacial score (nSPS) is 16.7. The minimum absolute atomic E-state index is 0.946. The quantitative estimate of drug-likeness (QED) is 0.491. The highest BCUT2D eigenvalue weighted by atomic mass is 32.2. The van der Waals surface area contributed by atoms with E-state index in [0.29, 0.717) is 0 Å². The fourth-order valence-electron chi connectivity index (χ4n) is 0.298. The smallest absolute Gasteiger partial charge is 0.262 e. The van der Waals surface area contributed by atoms with Gasteiger partial charge in [-0.25, -0.2) is 4.21 Å². The van der Waals surface area contributed by atoms with Gasteiger partial charge in [-0.3, -0.25) is 4.79 Å². The van der Waals surface area contributed by atoms with Crippen molar-refractivity contribution >= 4 is 17.0 Å². The molecule has 9 heavy (non-hydrogen) atoms. The molecule has 0 aromatic carbocycles. The van der Waals surface area contributed by atoms with Gasteiger partial charge in [0.05, 0.1) is 0 Å². The Labute approximate surface area is 54.5 Å². The highest BCUT2D eigenvalue weighted by molar-refractivity contribution is 7.80. The van der Waals surface area contributed by atoms with Gasteiger partial charge in [-0.1, -0.05) is 0 Å². The minimum Gasteiger partial charge on any atom is -0.366 e. The number of hydrogen-bond donors (Lipinski definition) is 2. The second-order valence-corrected chi connectivity index (χ2v) is 2.23. The molecular formula is C3H7NO4S. The lowest BCUT2D eigenvalue weighted by Crippen LogP contribution is -2.33. The van der Waals surface area contributed by atoms with E-state index in [9.17, 15) is 9.00 Å². The minimum atomic E-state index is -2.33. The molecule has 0 heterocycles. The molecule has 3 N–H and O–H groups in total. The number of nitrogens with two attached hydrogens (primary N) is 1. The Hall–Kier alpha value is -0.460. The lowest BCUT2D eigenvalue weighted by molar-refractivity contribution is -0.123. The molecule has 0 fully saturated rings. The third-order valence-corrected chi connectivity index (χ3v) is 1.42. The van der Waals surface area contributed by atoms with Crippen LogP contribution in [-0.2, 0) is 20.6 Å². The zero-order valence-corrected chi connectivity index (χ0v) is 5.55. The fourth-order valence-corrected chi connectivity index (χ4v) is 0.661. The predicted octanol–water partition coefficient (Wildman–Crippen LogP) is -1.33. The molecule has 54 valence electrons. The molecule has 0 bridgehead atoms. The summed E-state index contributed by atoms with van der Waals surface area (Å²) in [5.41, 5.74) is 3.22. The highest BCUT2D eigenvalue weighted by Crippen LogP contribution is 1.91. The van der Waals surface area contributed by atoms with Crippen LogP contribution in [0, 0.1) is 0 Å². The number of rotatable bonds is 3. The summed E-state index contributed by atoms with van der Waals surface area (Å²) in [6, 6.07) is 0. The third-order valence-electron chi connectivity index (χ3n) is 0.630. The first-order chi connectivity index (χ1) is 4.09. The summed E-state index contributed by atoms with van der Waals surface area (Å²) >= 11 is -2.33. The summed E-state index contributed by atoms with van der Waals surface area (Å²) in [5.74, 6) is -0.946. The van der Waals surface area contributed by atoms with Crippen molar-refractivity contribution in [2.24, 2.45) is 5.73 Å². The summed E-state index contributed by atoms with van der Waals surface area (Å²) in [5, 5.41) is 0. The van der Waals surface area contributed by atoms with Crippen LogP contribution >= 0.6 is 0 Å². The van der Waals surface area contributed by atoms with E-state index in [2.05, 4.69) is 10.5 Å². The van der Waals surface area contributed by atoms with Crippen LogP contribution < -0.4 is 5.73 Å². The summed E-state index contributed by atoms with van der Waals surface area (Å²) < 4.78 is 22.5. The molecular weight excluding hydrogens is 146 g/mol. The topological polar surface area (TPSA) is 89.6 Å². The Morgan fingerprint density at radius 2 is 2.33 bits per heavy atom. The number of methoxy groups -OCH3 is 1. The predicted molar refractivity (Wildman–Crippen MR) is 30.8 cm³/mol. The average Bonchev–Trinajstić information content (AvgIpc) is 1.64. The number of amides is 1. The van der Waals surface area contributed by atoms with E-state index in [-0.39, 0.29) is 0 Å². The van der Waals surface area contributed by atoms with Crippen LogP contribution in [0.15, 0.2) is 0 Å². The van der Waals surface area contributed by atoms with E-state index < -0.39 is 22.4 Å². The van der Waals surface area contributed by atoms with Gasteiger partial charge in [0.1, 0.15) is 0 Å². The van der Waals surface area contributed by atoms with Crippen molar-refractivity contribution < 1.29 is 18.3 Å². The number of carbonyl (C=O) groups is 1. The van der Waals surface area contributed by atoms with E-state index in [1.165, 1.54) is 0 Å². The maximum Gasteiger partial charge on any atom is 0.262 e. The fraction of sp³-hybridized carbons (Fsp3) is 0.667. The van der Waals surface area contributed by atoms with E-state index in [0.717, 1.165) is 7.11 Å².